The lowest BCUT2D eigenvalue weighted by Crippen LogP contribution is -2.06. The summed E-state index contributed by atoms with van der Waals surface area (Å²) in [5, 5.41) is 16.9. The van der Waals surface area contributed by atoms with E-state index in [1.54, 1.807) is 21.9 Å². The lowest BCUT2D eigenvalue weighted by molar-refractivity contribution is 0.309. The van der Waals surface area contributed by atoms with E-state index in [1.165, 1.54) is 0 Å². The molecule has 7 heteroatoms. The van der Waals surface area contributed by atoms with Gasteiger partial charge in [-0.15, -0.1) is 10.2 Å². The Morgan fingerprint density at radius 1 is 1.20 bits per heavy atom. The SMILES string of the molecule is CCCCOc1ccc(/C=N\n2cnnc2-n2nc(C)cc2C)cc1. The third-order valence-corrected chi connectivity index (χ3v) is 3.69. The Bertz CT molecular complexity index is 847. The first-order chi connectivity index (χ1) is 12.2. The molecule has 2 aromatic heterocycles. The van der Waals surface area contributed by atoms with Crippen LogP contribution < -0.4 is 4.74 Å². The van der Waals surface area contributed by atoms with Crippen LogP contribution in [0, 0.1) is 13.8 Å². The molecule has 25 heavy (non-hydrogen) atoms. The van der Waals surface area contributed by atoms with Gasteiger partial charge in [-0.3, -0.25) is 0 Å². The summed E-state index contributed by atoms with van der Waals surface area (Å²) in [6.45, 7) is 6.81. The molecule has 0 amide bonds. The van der Waals surface area contributed by atoms with Gasteiger partial charge in [-0.2, -0.15) is 14.9 Å². The standard InChI is InChI=1S/C18H22N6O/c1-4-5-10-25-17-8-6-16(7-9-17)12-20-23-13-19-21-18(23)24-15(3)11-14(2)22-24/h6-9,11-13H,4-5,10H2,1-3H3/b20-12-. The predicted octanol–water partition coefficient (Wildman–Crippen LogP) is 3.14. The molecular formula is C18H22N6O. The molecule has 0 unspecified atom stereocenters. The van der Waals surface area contributed by atoms with Gasteiger partial charge >= 0.3 is 0 Å². The third kappa shape index (κ3) is 4.12. The number of aromatic nitrogens is 5. The molecule has 3 aromatic rings. The van der Waals surface area contributed by atoms with Crippen LogP contribution in [-0.4, -0.2) is 37.5 Å². The number of hydrogen-bond donors (Lipinski definition) is 0. The second-order valence-corrected chi connectivity index (χ2v) is 5.83. The first kappa shape index (κ1) is 16.9. The minimum atomic E-state index is 0.557. The highest BCUT2D eigenvalue weighted by Gasteiger charge is 2.10. The summed E-state index contributed by atoms with van der Waals surface area (Å²) in [4.78, 5) is 0. The van der Waals surface area contributed by atoms with Gasteiger partial charge in [0.15, 0.2) is 0 Å². The van der Waals surface area contributed by atoms with Crippen molar-refractivity contribution in [3.05, 3.63) is 53.6 Å². The zero-order chi connectivity index (χ0) is 17.6. The number of aryl methyl sites for hydroxylation is 2. The number of unbranched alkanes of at least 4 members (excludes halogenated alkanes) is 1. The van der Waals surface area contributed by atoms with Crippen molar-refractivity contribution in [3.8, 4) is 11.7 Å². The van der Waals surface area contributed by atoms with Crippen LogP contribution in [0.2, 0.25) is 0 Å². The molecule has 0 saturated heterocycles. The van der Waals surface area contributed by atoms with Crippen LogP contribution in [0.4, 0.5) is 0 Å². The molecule has 2 heterocycles. The smallest absolute Gasteiger partial charge is 0.273 e. The summed E-state index contributed by atoms with van der Waals surface area (Å²) in [7, 11) is 0. The fourth-order valence-electron chi connectivity index (χ4n) is 2.39. The van der Waals surface area contributed by atoms with Gasteiger partial charge in [0.05, 0.1) is 18.5 Å². The van der Waals surface area contributed by atoms with Gasteiger partial charge in [-0.25, -0.2) is 4.68 Å². The second-order valence-electron chi connectivity index (χ2n) is 5.83. The van der Waals surface area contributed by atoms with E-state index in [0.29, 0.717) is 5.95 Å². The molecule has 3 rings (SSSR count). The maximum atomic E-state index is 5.66. The van der Waals surface area contributed by atoms with E-state index in [0.717, 1.165) is 42.1 Å². The second kappa shape index (κ2) is 7.74. The Hall–Kier alpha value is -2.96. The van der Waals surface area contributed by atoms with Crippen molar-refractivity contribution in [3.63, 3.8) is 0 Å². The van der Waals surface area contributed by atoms with Crippen LogP contribution >= 0.6 is 0 Å². The Morgan fingerprint density at radius 2 is 2.00 bits per heavy atom. The van der Waals surface area contributed by atoms with E-state index in [4.69, 9.17) is 4.74 Å². The van der Waals surface area contributed by atoms with Crippen molar-refractivity contribution in [2.75, 3.05) is 6.61 Å². The molecule has 7 nitrogen and oxygen atoms in total. The van der Waals surface area contributed by atoms with Crippen LogP contribution in [0.25, 0.3) is 5.95 Å². The predicted molar refractivity (Wildman–Crippen MR) is 96.5 cm³/mol. The molecule has 1 aromatic carbocycles. The average Bonchev–Trinajstić information content (AvgIpc) is 3.20. The summed E-state index contributed by atoms with van der Waals surface area (Å²) in [5.74, 6) is 1.43. The lowest BCUT2D eigenvalue weighted by Gasteiger charge is -2.05. The highest BCUT2D eigenvalue weighted by atomic mass is 16.5. The largest absolute Gasteiger partial charge is 0.494 e. The Kier molecular flexibility index (Phi) is 5.23. The molecule has 0 fully saturated rings. The topological polar surface area (TPSA) is 70.1 Å². The quantitative estimate of drug-likeness (QED) is 0.490. The molecule has 0 spiro atoms. The van der Waals surface area contributed by atoms with Gasteiger partial charge in [-0.05, 0) is 56.2 Å². The van der Waals surface area contributed by atoms with Crippen molar-refractivity contribution in [2.24, 2.45) is 5.10 Å². The first-order valence-electron chi connectivity index (χ1n) is 8.38. The highest BCUT2D eigenvalue weighted by Crippen LogP contribution is 2.12. The molecule has 0 atom stereocenters. The fraction of sp³-hybridized carbons (Fsp3) is 0.333. The van der Waals surface area contributed by atoms with Crippen LogP contribution in [0.1, 0.15) is 36.7 Å². The van der Waals surface area contributed by atoms with Gasteiger partial charge in [-0.1, -0.05) is 13.3 Å². The zero-order valence-corrected chi connectivity index (χ0v) is 14.8. The molecule has 130 valence electrons. The van der Waals surface area contributed by atoms with Gasteiger partial charge in [0.1, 0.15) is 12.1 Å². The first-order valence-corrected chi connectivity index (χ1v) is 8.38. The number of nitrogens with zero attached hydrogens (tertiary/aromatic N) is 6. The number of benzene rings is 1. The fourth-order valence-corrected chi connectivity index (χ4v) is 2.39. The summed E-state index contributed by atoms with van der Waals surface area (Å²) < 4.78 is 8.99. The average molecular weight is 338 g/mol. The summed E-state index contributed by atoms with van der Waals surface area (Å²) in [6.07, 6.45) is 5.51. The zero-order valence-electron chi connectivity index (χ0n) is 14.8. The molecule has 0 aliphatic carbocycles. The van der Waals surface area contributed by atoms with Gasteiger partial charge in [0.25, 0.3) is 5.95 Å². The van der Waals surface area contributed by atoms with Crippen LogP contribution in [-0.2, 0) is 0 Å². The van der Waals surface area contributed by atoms with Crippen molar-refractivity contribution in [1.82, 2.24) is 24.7 Å². The van der Waals surface area contributed by atoms with Crippen molar-refractivity contribution < 1.29 is 4.74 Å². The molecule has 0 aliphatic rings. The van der Waals surface area contributed by atoms with Crippen molar-refractivity contribution in [2.45, 2.75) is 33.6 Å². The lowest BCUT2D eigenvalue weighted by atomic mass is 10.2. The van der Waals surface area contributed by atoms with Crippen molar-refractivity contribution in [1.29, 1.82) is 0 Å². The molecule has 0 saturated carbocycles. The molecule has 0 radical (unpaired) electrons. The van der Waals surface area contributed by atoms with Crippen LogP contribution in [0.3, 0.4) is 0 Å². The Labute approximate surface area is 147 Å². The van der Waals surface area contributed by atoms with Gasteiger partial charge < -0.3 is 4.74 Å². The normalized spacial score (nSPS) is 11.3. The monoisotopic (exact) mass is 338 g/mol. The van der Waals surface area contributed by atoms with E-state index >= 15 is 0 Å². The van der Waals surface area contributed by atoms with Gasteiger partial charge in [0, 0.05) is 5.69 Å². The maximum Gasteiger partial charge on any atom is 0.273 e. The number of rotatable bonds is 7. The Morgan fingerprint density at radius 3 is 2.68 bits per heavy atom. The number of hydrogen-bond acceptors (Lipinski definition) is 5. The van der Waals surface area contributed by atoms with E-state index in [2.05, 4.69) is 27.3 Å². The van der Waals surface area contributed by atoms with Gasteiger partial charge in [0.2, 0.25) is 0 Å². The Balaban J connectivity index is 1.73. The van der Waals surface area contributed by atoms with E-state index in [-0.39, 0.29) is 0 Å². The summed E-state index contributed by atoms with van der Waals surface area (Å²) in [5.41, 5.74) is 2.88. The van der Waals surface area contributed by atoms with E-state index < -0.39 is 0 Å². The summed E-state index contributed by atoms with van der Waals surface area (Å²) >= 11 is 0. The minimum absolute atomic E-state index is 0.557. The number of ether oxygens (including phenoxy) is 1. The summed E-state index contributed by atoms with van der Waals surface area (Å²) in [6, 6.07) is 9.83. The molecule has 0 aliphatic heterocycles. The van der Waals surface area contributed by atoms with E-state index in [1.807, 2.05) is 44.2 Å². The van der Waals surface area contributed by atoms with E-state index in [9.17, 15) is 0 Å². The third-order valence-electron chi connectivity index (χ3n) is 3.69. The van der Waals surface area contributed by atoms with Crippen molar-refractivity contribution >= 4 is 6.21 Å². The van der Waals surface area contributed by atoms with Crippen LogP contribution in [0.5, 0.6) is 5.75 Å². The maximum absolute atomic E-state index is 5.66. The molecule has 0 N–H and O–H groups in total. The molecular weight excluding hydrogens is 316 g/mol. The highest BCUT2D eigenvalue weighted by molar-refractivity contribution is 5.79. The minimum Gasteiger partial charge on any atom is -0.494 e. The molecule has 0 bridgehead atoms. The van der Waals surface area contributed by atoms with Crippen LogP contribution in [0.15, 0.2) is 41.8 Å².